The molecule has 0 saturated heterocycles. The normalized spacial score (nSPS) is 11.5. The van der Waals surface area contributed by atoms with E-state index < -0.39 is 0 Å². The Morgan fingerprint density at radius 2 is 1.62 bits per heavy atom. The Morgan fingerprint density at radius 1 is 1.15 bits per heavy atom. The Kier molecular flexibility index (Phi) is 10.7. The molecule has 13 heavy (non-hydrogen) atoms. The van der Waals surface area contributed by atoms with Gasteiger partial charge in [-0.3, -0.25) is 0 Å². The average Bonchev–Trinajstić information content (AvgIpc) is 2.08. The van der Waals surface area contributed by atoms with Crippen molar-refractivity contribution < 1.29 is 0 Å². The third-order valence-corrected chi connectivity index (χ3v) is 1.46. The lowest BCUT2D eigenvalue weighted by molar-refractivity contribution is 0.528. The minimum absolute atomic E-state index is 0.630. The fourth-order valence-electron chi connectivity index (χ4n) is 0.795. The van der Waals surface area contributed by atoms with Crippen molar-refractivity contribution in [3.63, 3.8) is 0 Å². The lowest BCUT2D eigenvalue weighted by atomic mass is 10.2. The molecule has 0 aliphatic heterocycles. The Balaban J connectivity index is 0. The molecule has 0 aliphatic rings. The number of allylic oxidation sites excluding steroid dienone is 3. The summed E-state index contributed by atoms with van der Waals surface area (Å²) >= 11 is 0. The molecule has 0 aromatic carbocycles. The van der Waals surface area contributed by atoms with Crippen LogP contribution < -0.4 is 0 Å². The molecule has 0 atom stereocenters. The van der Waals surface area contributed by atoms with Crippen molar-refractivity contribution in [1.82, 2.24) is 4.90 Å². The summed E-state index contributed by atoms with van der Waals surface area (Å²) in [6.07, 6.45) is 6.47. The standard InChI is InChI=1S/C10H19N.C2H6/c1-6-10(11(4)5)8-7-9(2)3;1-2/h6-9H,1-5H3;1-2H3/b8-7-,10-6+;. The summed E-state index contributed by atoms with van der Waals surface area (Å²) in [5.41, 5.74) is 1.26. The zero-order valence-electron chi connectivity index (χ0n) is 10.3. The summed E-state index contributed by atoms with van der Waals surface area (Å²) in [6.45, 7) is 10.4. The van der Waals surface area contributed by atoms with Crippen molar-refractivity contribution in [2.45, 2.75) is 34.6 Å². The molecule has 1 nitrogen and oxygen atoms in total. The van der Waals surface area contributed by atoms with E-state index in [4.69, 9.17) is 0 Å². The lowest BCUT2D eigenvalue weighted by Crippen LogP contribution is -2.08. The van der Waals surface area contributed by atoms with Crippen LogP contribution in [0.25, 0.3) is 0 Å². The van der Waals surface area contributed by atoms with Gasteiger partial charge in [0.25, 0.3) is 0 Å². The largest absolute Gasteiger partial charge is 0.378 e. The van der Waals surface area contributed by atoms with Crippen LogP contribution in [0.15, 0.2) is 23.9 Å². The van der Waals surface area contributed by atoms with Crippen LogP contribution >= 0.6 is 0 Å². The van der Waals surface area contributed by atoms with Crippen LogP contribution in [-0.4, -0.2) is 19.0 Å². The Labute approximate surface area is 84.1 Å². The fraction of sp³-hybridized carbons (Fsp3) is 0.667. The minimum atomic E-state index is 0.630. The predicted molar refractivity (Wildman–Crippen MR) is 62.8 cm³/mol. The summed E-state index contributed by atoms with van der Waals surface area (Å²) in [7, 11) is 4.11. The predicted octanol–water partition coefficient (Wildman–Crippen LogP) is 3.69. The molecule has 0 unspecified atom stereocenters. The quantitative estimate of drug-likeness (QED) is 0.603. The number of likely N-dealkylation sites (N-methyl/N-ethyl adjacent to an activating group) is 1. The number of hydrogen-bond donors (Lipinski definition) is 0. The molecule has 0 amide bonds. The van der Waals surface area contributed by atoms with E-state index in [2.05, 4.69) is 58.0 Å². The van der Waals surface area contributed by atoms with E-state index in [0.717, 1.165) is 0 Å². The van der Waals surface area contributed by atoms with Crippen LogP contribution in [-0.2, 0) is 0 Å². The van der Waals surface area contributed by atoms with Gasteiger partial charge < -0.3 is 4.90 Å². The van der Waals surface area contributed by atoms with E-state index in [1.165, 1.54) is 5.70 Å². The van der Waals surface area contributed by atoms with Gasteiger partial charge in [-0.15, -0.1) is 0 Å². The average molecular weight is 183 g/mol. The molecule has 0 aliphatic carbocycles. The molecule has 78 valence electrons. The molecule has 0 spiro atoms. The van der Waals surface area contributed by atoms with Gasteiger partial charge in [0.15, 0.2) is 0 Å². The van der Waals surface area contributed by atoms with Crippen molar-refractivity contribution in [2.75, 3.05) is 14.1 Å². The first kappa shape index (κ1) is 14.8. The van der Waals surface area contributed by atoms with Crippen LogP contribution in [0.2, 0.25) is 0 Å². The van der Waals surface area contributed by atoms with Gasteiger partial charge in [-0.25, -0.2) is 0 Å². The topological polar surface area (TPSA) is 3.24 Å². The van der Waals surface area contributed by atoms with Crippen molar-refractivity contribution >= 4 is 0 Å². The van der Waals surface area contributed by atoms with E-state index in [1.54, 1.807) is 0 Å². The number of rotatable bonds is 3. The second-order valence-electron chi connectivity index (χ2n) is 3.21. The van der Waals surface area contributed by atoms with Gasteiger partial charge in [-0.05, 0) is 18.9 Å². The van der Waals surface area contributed by atoms with E-state index in [9.17, 15) is 0 Å². The van der Waals surface area contributed by atoms with Gasteiger partial charge in [-0.1, -0.05) is 39.8 Å². The van der Waals surface area contributed by atoms with Crippen molar-refractivity contribution in [1.29, 1.82) is 0 Å². The molecule has 0 radical (unpaired) electrons. The van der Waals surface area contributed by atoms with Gasteiger partial charge in [0.05, 0.1) is 0 Å². The Bertz CT molecular complexity index is 153. The van der Waals surface area contributed by atoms with Crippen molar-refractivity contribution in [2.24, 2.45) is 5.92 Å². The van der Waals surface area contributed by atoms with E-state index >= 15 is 0 Å². The highest BCUT2D eigenvalue weighted by molar-refractivity contribution is 5.15. The Morgan fingerprint density at radius 3 is 1.85 bits per heavy atom. The smallest absolute Gasteiger partial charge is 0.0314 e. The van der Waals surface area contributed by atoms with Crippen molar-refractivity contribution in [3.8, 4) is 0 Å². The van der Waals surface area contributed by atoms with Gasteiger partial charge in [0.2, 0.25) is 0 Å². The van der Waals surface area contributed by atoms with E-state index in [-0.39, 0.29) is 0 Å². The summed E-state index contributed by atoms with van der Waals surface area (Å²) in [5, 5.41) is 0. The van der Waals surface area contributed by atoms with Crippen LogP contribution in [0.5, 0.6) is 0 Å². The van der Waals surface area contributed by atoms with Crippen LogP contribution in [0, 0.1) is 5.92 Å². The molecular formula is C12H25N. The monoisotopic (exact) mass is 183 g/mol. The molecule has 0 bridgehead atoms. The first-order valence-corrected chi connectivity index (χ1v) is 5.09. The summed E-state index contributed by atoms with van der Waals surface area (Å²) in [6, 6.07) is 0. The number of hydrogen-bond acceptors (Lipinski definition) is 1. The maximum Gasteiger partial charge on any atom is 0.0314 e. The Hall–Kier alpha value is -0.720. The van der Waals surface area contributed by atoms with Crippen LogP contribution in [0.3, 0.4) is 0 Å². The van der Waals surface area contributed by atoms with E-state index in [1.807, 2.05) is 13.8 Å². The molecule has 0 heterocycles. The maximum absolute atomic E-state index is 2.20. The highest BCUT2D eigenvalue weighted by Crippen LogP contribution is 2.03. The zero-order chi connectivity index (χ0) is 10.9. The highest BCUT2D eigenvalue weighted by atomic mass is 15.1. The SMILES string of the molecule is C/C=C(\C=C/C(C)C)N(C)C.CC. The zero-order valence-corrected chi connectivity index (χ0v) is 10.3. The fourth-order valence-corrected chi connectivity index (χ4v) is 0.795. The molecule has 0 saturated carbocycles. The lowest BCUT2D eigenvalue weighted by Gasteiger charge is -2.12. The maximum atomic E-state index is 2.20. The van der Waals surface area contributed by atoms with Crippen LogP contribution in [0.4, 0.5) is 0 Å². The molecular weight excluding hydrogens is 158 g/mol. The van der Waals surface area contributed by atoms with Crippen LogP contribution in [0.1, 0.15) is 34.6 Å². The molecule has 0 aromatic heterocycles. The first-order valence-electron chi connectivity index (χ1n) is 5.09. The molecule has 0 N–H and O–H groups in total. The summed E-state index contributed by atoms with van der Waals surface area (Å²) < 4.78 is 0. The van der Waals surface area contributed by atoms with Gasteiger partial charge in [-0.2, -0.15) is 0 Å². The summed E-state index contributed by atoms with van der Waals surface area (Å²) in [4.78, 5) is 2.11. The minimum Gasteiger partial charge on any atom is -0.378 e. The molecule has 0 aromatic rings. The van der Waals surface area contributed by atoms with Gasteiger partial charge in [0, 0.05) is 19.8 Å². The highest BCUT2D eigenvalue weighted by Gasteiger charge is 1.91. The first-order chi connectivity index (χ1) is 6.07. The molecule has 0 rings (SSSR count). The van der Waals surface area contributed by atoms with Crippen molar-refractivity contribution in [3.05, 3.63) is 23.9 Å². The van der Waals surface area contributed by atoms with E-state index in [0.29, 0.717) is 5.92 Å². The van der Waals surface area contributed by atoms with Gasteiger partial charge >= 0.3 is 0 Å². The second-order valence-corrected chi connectivity index (χ2v) is 3.21. The third kappa shape index (κ3) is 9.19. The van der Waals surface area contributed by atoms with Gasteiger partial charge in [0.1, 0.15) is 0 Å². The second kappa shape index (κ2) is 9.37. The molecule has 0 fully saturated rings. The molecule has 1 heteroatoms. The third-order valence-electron chi connectivity index (χ3n) is 1.46. The number of nitrogens with zero attached hydrogens (tertiary/aromatic N) is 1. The summed E-state index contributed by atoms with van der Waals surface area (Å²) in [5.74, 6) is 0.630.